The molecule has 3 rings (SSSR count). The van der Waals surface area contributed by atoms with E-state index < -0.39 is 0 Å². The zero-order valence-electron chi connectivity index (χ0n) is 6.77. The van der Waals surface area contributed by atoms with Crippen molar-refractivity contribution in [3.8, 4) is 11.5 Å². The second kappa shape index (κ2) is 2.29. The molecule has 0 unspecified atom stereocenters. The first kappa shape index (κ1) is 6.60. The standard InChI is InChI=1S/C10H6N2O/c1-2-4-8-7(3-1)5-9-10(8)12-11-6-13-9/h1-6H. The first-order valence-electron chi connectivity index (χ1n) is 4.03. The third-order valence-corrected chi connectivity index (χ3v) is 2.12. The van der Waals surface area contributed by atoms with Crippen LogP contribution in [0.3, 0.4) is 0 Å². The molecule has 0 atom stereocenters. The Morgan fingerprint density at radius 1 is 1.15 bits per heavy atom. The number of fused-ring (bicyclic) bond motifs is 3. The molecule has 0 aromatic heterocycles. The molecule has 0 N–H and O–H groups in total. The highest BCUT2D eigenvalue weighted by molar-refractivity contribution is 5.98. The van der Waals surface area contributed by atoms with Gasteiger partial charge in [-0.25, -0.2) is 0 Å². The van der Waals surface area contributed by atoms with Crippen LogP contribution in [0.1, 0.15) is 0 Å². The number of hydrogen-bond donors (Lipinski definition) is 0. The van der Waals surface area contributed by atoms with Crippen LogP contribution in [0.4, 0.5) is 0 Å². The molecule has 0 radical (unpaired) electrons. The first-order valence-corrected chi connectivity index (χ1v) is 4.03. The zero-order valence-corrected chi connectivity index (χ0v) is 6.77. The van der Waals surface area contributed by atoms with Crippen LogP contribution in [0, 0.1) is 0 Å². The SMILES string of the molecule is c1ccc2c3nncoc-3cc2c1. The molecule has 62 valence electrons. The second-order valence-corrected chi connectivity index (χ2v) is 2.88. The van der Waals surface area contributed by atoms with Gasteiger partial charge in [0, 0.05) is 5.39 Å². The number of nitrogens with zero attached hydrogens (tertiary/aromatic N) is 2. The molecule has 0 amide bonds. The molecule has 13 heavy (non-hydrogen) atoms. The molecule has 1 heterocycles. The van der Waals surface area contributed by atoms with E-state index in [2.05, 4.69) is 10.2 Å². The van der Waals surface area contributed by atoms with Crippen molar-refractivity contribution in [2.45, 2.75) is 0 Å². The largest absolute Gasteiger partial charge is 0.442 e. The lowest BCUT2D eigenvalue weighted by Crippen LogP contribution is -1.83. The minimum absolute atomic E-state index is 0.788. The van der Waals surface area contributed by atoms with Gasteiger partial charge in [-0.15, -0.1) is 10.2 Å². The summed E-state index contributed by atoms with van der Waals surface area (Å²) in [6, 6.07) is 10.00. The molecule has 1 aliphatic carbocycles. The molecule has 0 saturated heterocycles. The lowest BCUT2D eigenvalue weighted by atomic mass is 10.2. The highest BCUT2D eigenvalue weighted by Crippen LogP contribution is 2.30. The number of benzene rings is 1. The fraction of sp³-hybridized carbons (Fsp3) is 0. The monoisotopic (exact) mass is 170 g/mol. The van der Waals surface area contributed by atoms with Gasteiger partial charge in [0.05, 0.1) is 0 Å². The summed E-state index contributed by atoms with van der Waals surface area (Å²) in [4.78, 5) is 0. The summed E-state index contributed by atoms with van der Waals surface area (Å²) in [5.74, 6) is 0.788. The molecule has 0 bridgehead atoms. The van der Waals surface area contributed by atoms with Crippen LogP contribution in [0.5, 0.6) is 0 Å². The summed E-state index contributed by atoms with van der Waals surface area (Å²) in [6.45, 7) is 0. The van der Waals surface area contributed by atoms with E-state index in [0.717, 1.165) is 22.2 Å². The third kappa shape index (κ3) is 0.839. The van der Waals surface area contributed by atoms with Gasteiger partial charge in [0.15, 0.2) is 5.76 Å². The summed E-state index contributed by atoms with van der Waals surface area (Å²) in [7, 11) is 0. The predicted octanol–water partition coefficient (Wildman–Crippen LogP) is 2.33. The average molecular weight is 170 g/mol. The summed E-state index contributed by atoms with van der Waals surface area (Å²) in [5.41, 5.74) is 0.832. The van der Waals surface area contributed by atoms with Crippen LogP contribution < -0.4 is 0 Å². The molecule has 0 fully saturated rings. The van der Waals surface area contributed by atoms with Crippen LogP contribution in [-0.4, -0.2) is 10.2 Å². The second-order valence-electron chi connectivity index (χ2n) is 2.88. The van der Waals surface area contributed by atoms with E-state index in [1.165, 1.54) is 6.39 Å². The fourth-order valence-corrected chi connectivity index (χ4v) is 1.54. The Balaban J connectivity index is 2.56. The van der Waals surface area contributed by atoms with Gasteiger partial charge >= 0.3 is 0 Å². The van der Waals surface area contributed by atoms with E-state index in [-0.39, 0.29) is 0 Å². The van der Waals surface area contributed by atoms with E-state index in [1.54, 1.807) is 0 Å². The molecule has 1 aliphatic heterocycles. The molecular weight excluding hydrogens is 164 g/mol. The van der Waals surface area contributed by atoms with Crippen LogP contribution in [0.15, 0.2) is 41.1 Å². The van der Waals surface area contributed by atoms with E-state index in [4.69, 9.17) is 4.42 Å². The van der Waals surface area contributed by atoms with Crippen LogP contribution in [0.2, 0.25) is 0 Å². The van der Waals surface area contributed by atoms with Crippen molar-refractivity contribution < 1.29 is 4.42 Å². The molecule has 1 aromatic rings. The normalized spacial score (nSPS) is 11.1. The van der Waals surface area contributed by atoms with Crippen LogP contribution >= 0.6 is 0 Å². The minimum Gasteiger partial charge on any atom is -0.442 e. The van der Waals surface area contributed by atoms with Crippen molar-refractivity contribution >= 4 is 10.8 Å². The van der Waals surface area contributed by atoms with E-state index in [9.17, 15) is 0 Å². The lowest BCUT2D eigenvalue weighted by Gasteiger charge is -1.92. The Bertz CT molecular complexity index is 529. The summed E-state index contributed by atoms with van der Waals surface area (Å²) < 4.78 is 5.22. The quantitative estimate of drug-likeness (QED) is 0.519. The van der Waals surface area contributed by atoms with Crippen LogP contribution in [-0.2, 0) is 0 Å². The highest BCUT2D eigenvalue weighted by atomic mass is 16.3. The highest BCUT2D eigenvalue weighted by Gasteiger charge is 2.12. The maximum atomic E-state index is 5.22. The Labute approximate surface area is 74.4 Å². The molecule has 0 saturated carbocycles. The molecule has 3 heteroatoms. The van der Waals surface area contributed by atoms with Crippen molar-refractivity contribution in [3.63, 3.8) is 0 Å². The van der Waals surface area contributed by atoms with E-state index >= 15 is 0 Å². The molecule has 1 aromatic carbocycles. The Kier molecular flexibility index (Phi) is 1.16. The topological polar surface area (TPSA) is 38.9 Å². The van der Waals surface area contributed by atoms with Gasteiger partial charge in [-0.3, -0.25) is 0 Å². The third-order valence-electron chi connectivity index (χ3n) is 2.12. The lowest BCUT2D eigenvalue weighted by molar-refractivity contribution is 0.526. The average Bonchev–Trinajstić information content (AvgIpc) is 2.56. The summed E-state index contributed by atoms with van der Waals surface area (Å²) >= 11 is 0. The number of hydrogen-bond acceptors (Lipinski definition) is 3. The summed E-state index contributed by atoms with van der Waals surface area (Å²) in [6.07, 6.45) is 1.35. The van der Waals surface area contributed by atoms with Gasteiger partial charge in [-0.2, -0.15) is 0 Å². The van der Waals surface area contributed by atoms with Gasteiger partial charge in [-0.05, 0) is 11.5 Å². The molecular formula is C10H6N2O. The predicted molar refractivity (Wildman–Crippen MR) is 48.4 cm³/mol. The minimum atomic E-state index is 0.788. The molecule has 2 aliphatic rings. The van der Waals surface area contributed by atoms with Crippen molar-refractivity contribution in [1.82, 2.24) is 10.2 Å². The summed E-state index contributed by atoms with van der Waals surface area (Å²) in [5, 5.41) is 9.98. The molecule has 0 spiro atoms. The van der Waals surface area contributed by atoms with Gasteiger partial charge < -0.3 is 4.42 Å². The first-order chi connectivity index (χ1) is 6.45. The maximum Gasteiger partial charge on any atom is 0.201 e. The van der Waals surface area contributed by atoms with Crippen LogP contribution in [0.25, 0.3) is 22.2 Å². The number of rotatable bonds is 0. The molecule has 3 nitrogen and oxygen atoms in total. The van der Waals surface area contributed by atoms with Gasteiger partial charge in [0.25, 0.3) is 0 Å². The van der Waals surface area contributed by atoms with Crippen molar-refractivity contribution in [3.05, 3.63) is 36.7 Å². The van der Waals surface area contributed by atoms with Crippen molar-refractivity contribution in [1.29, 1.82) is 0 Å². The smallest absolute Gasteiger partial charge is 0.201 e. The van der Waals surface area contributed by atoms with E-state index in [1.807, 2.05) is 30.3 Å². The van der Waals surface area contributed by atoms with Crippen molar-refractivity contribution in [2.75, 3.05) is 0 Å². The maximum absolute atomic E-state index is 5.22. The van der Waals surface area contributed by atoms with Gasteiger partial charge in [0.1, 0.15) is 5.69 Å². The Morgan fingerprint density at radius 3 is 3.08 bits per heavy atom. The number of aromatic nitrogens is 2. The zero-order chi connectivity index (χ0) is 8.67. The Morgan fingerprint density at radius 2 is 2.08 bits per heavy atom. The van der Waals surface area contributed by atoms with E-state index in [0.29, 0.717) is 0 Å². The van der Waals surface area contributed by atoms with Gasteiger partial charge in [0.2, 0.25) is 6.39 Å². The Hall–Kier alpha value is -1.90. The van der Waals surface area contributed by atoms with Gasteiger partial charge in [-0.1, -0.05) is 24.3 Å². The fourth-order valence-electron chi connectivity index (χ4n) is 1.54. The van der Waals surface area contributed by atoms with Crippen molar-refractivity contribution in [2.24, 2.45) is 0 Å².